The Bertz CT molecular complexity index is 244. The predicted molar refractivity (Wildman–Crippen MR) is 38.4 cm³/mol. The Hall–Kier alpha value is -1.20. The molecule has 1 aliphatic heterocycles. The Labute approximate surface area is 72.9 Å². The molecule has 1 rings (SSSR count). The highest BCUT2D eigenvalue weighted by Gasteiger charge is 2.46. The van der Waals surface area contributed by atoms with Crippen LogP contribution in [0, 0.1) is 0 Å². The Kier molecular flexibility index (Phi) is 2.49. The number of aliphatic carboxylic acids is 1. The van der Waals surface area contributed by atoms with Gasteiger partial charge in [0, 0.05) is 12.8 Å². The fourth-order valence-electron chi connectivity index (χ4n) is 1.38. The van der Waals surface area contributed by atoms with Gasteiger partial charge in [0.1, 0.15) is 5.54 Å². The maximum Gasteiger partial charge on any atom is 0.329 e. The number of hydrogen-bond donors (Lipinski definition) is 2. The molecule has 6 heteroatoms. The van der Waals surface area contributed by atoms with Crippen molar-refractivity contribution in [3.05, 3.63) is 0 Å². The van der Waals surface area contributed by atoms with Gasteiger partial charge in [-0.1, -0.05) is 0 Å². The summed E-state index contributed by atoms with van der Waals surface area (Å²) in [7, 11) is 0. The van der Waals surface area contributed by atoms with E-state index in [0.29, 0.717) is 0 Å². The molecule has 1 fully saturated rings. The summed E-state index contributed by atoms with van der Waals surface area (Å²) in [6.45, 7) is 0. The van der Waals surface area contributed by atoms with Gasteiger partial charge < -0.3 is 10.4 Å². The molecule has 4 nitrogen and oxygen atoms in total. The van der Waals surface area contributed by atoms with Gasteiger partial charge in [-0.2, -0.15) is 0 Å². The van der Waals surface area contributed by atoms with Crippen molar-refractivity contribution < 1.29 is 23.5 Å². The van der Waals surface area contributed by atoms with E-state index in [4.69, 9.17) is 5.11 Å². The summed E-state index contributed by atoms with van der Waals surface area (Å²) in [4.78, 5) is 21.4. The highest BCUT2D eigenvalue weighted by molar-refractivity contribution is 5.90. The highest BCUT2D eigenvalue weighted by atomic mass is 19.3. The van der Waals surface area contributed by atoms with Crippen molar-refractivity contribution in [2.75, 3.05) is 0 Å². The zero-order chi connectivity index (χ0) is 10.1. The molecule has 0 aromatic rings. The number of carboxylic acid groups (broad SMARTS) is 1. The molecule has 13 heavy (non-hydrogen) atoms. The van der Waals surface area contributed by atoms with Crippen molar-refractivity contribution in [1.82, 2.24) is 5.32 Å². The molecule has 74 valence electrons. The lowest BCUT2D eigenvalue weighted by Gasteiger charge is -2.23. The molecular formula is C7H9F2NO3. The van der Waals surface area contributed by atoms with Crippen molar-refractivity contribution in [1.29, 1.82) is 0 Å². The largest absolute Gasteiger partial charge is 0.480 e. The lowest BCUT2D eigenvalue weighted by Crippen LogP contribution is -2.50. The van der Waals surface area contributed by atoms with Gasteiger partial charge in [-0.25, -0.2) is 13.6 Å². The number of alkyl halides is 2. The Balaban J connectivity index is 2.77. The van der Waals surface area contributed by atoms with E-state index in [-0.39, 0.29) is 12.8 Å². The van der Waals surface area contributed by atoms with Crippen molar-refractivity contribution in [3.63, 3.8) is 0 Å². The first kappa shape index (κ1) is 9.88. The van der Waals surface area contributed by atoms with Crippen LogP contribution in [-0.2, 0) is 9.59 Å². The fourth-order valence-corrected chi connectivity index (χ4v) is 1.38. The van der Waals surface area contributed by atoms with E-state index in [9.17, 15) is 18.4 Å². The molecule has 0 radical (unpaired) electrons. The van der Waals surface area contributed by atoms with Gasteiger partial charge in [0.15, 0.2) is 0 Å². The molecule has 1 atom stereocenters. The zero-order valence-electron chi connectivity index (χ0n) is 6.72. The Morgan fingerprint density at radius 3 is 2.62 bits per heavy atom. The topological polar surface area (TPSA) is 66.4 Å². The van der Waals surface area contributed by atoms with Crippen LogP contribution in [0.25, 0.3) is 0 Å². The first-order chi connectivity index (χ1) is 5.96. The van der Waals surface area contributed by atoms with Gasteiger partial charge in [-0.15, -0.1) is 0 Å². The molecule has 1 amide bonds. The number of carbonyl (C=O) groups is 2. The molecular weight excluding hydrogens is 184 g/mol. The van der Waals surface area contributed by atoms with Crippen LogP contribution in [0.15, 0.2) is 0 Å². The molecule has 0 spiro atoms. The van der Waals surface area contributed by atoms with E-state index in [0.717, 1.165) is 0 Å². The van der Waals surface area contributed by atoms with Crippen molar-refractivity contribution in [2.24, 2.45) is 0 Å². The fraction of sp³-hybridized carbons (Fsp3) is 0.714. The van der Waals surface area contributed by atoms with Gasteiger partial charge in [-0.3, -0.25) is 4.79 Å². The van der Waals surface area contributed by atoms with Gasteiger partial charge in [-0.05, 0) is 6.42 Å². The van der Waals surface area contributed by atoms with Crippen LogP contribution in [0.1, 0.15) is 19.3 Å². The Morgan fingerprint density at radius 1 is 1.69 bits per heavy atom. The minimum absolute atomic E-state index is 0.000972. The average Bonchev–Trinajstić information content (AvgIpc) is 2.31. The summed E-state index contributed by atoms with van der Waals surface area (Å²) in [6, 6.07) is 0. The van der Waals surface area contributed by atoms with Gasteiger partial charge >= 0.3 is 5.97 Å². The van der Waals surface area contributed by atoms with E-state index in [1.54, 1.807) is 0 Å². The molecule has 1 heterocycles. The summed E-state index contributed by atoms with van der Waals surface area (Å²) in [6.07, 6.45) is -3.62. The number of carboxylic acids is 1. The third-order valence-corrected chi connectivity index (χ3v) is 2.07. The predicted octanol–water partition coefficient (Wildman–Crippen LogP) is 0.375. The van der Waals surface area contributed by atoms with Crippen LogP contribution in [-0.4, -0.2) is 28.9 Å². The third-order valence-electron chi connectivity index (χ3n) is 2.07. The highest BCUT2D eigenvalue weighted by Crippen LogP contribution is 2.27. The Morgan fingerprint density at radius 2 is 2.31 bits per heavy atom. The second kappa shape index (κ2) is 3.27. The number of carbonyl (C=O) groups excluding carboxylic acids is 1. The second-order valence-electron chi connectivity index (χ2n) is 3.03. The third kappa shape index (κ3) is 1.93. The SMILES string of the molecule is O=C1CCC(CC(F)F)(C(=O)O)N1. The molecule has 1 saturated heterocycles. The molecule has 0 aliphatic carbocycles. The van der Waals surface area contributed by atoms with Crippen LogP contribution >= 0.6 is 0 Å². The molecule has 0 aromatic heterocycles. The van der Waals surface area contributed by atoms with Gasteiger partial charge in [0.25, 0.3) is 0 Å². The van der Waals surface area contributed by atoms with Crippen LogP contribution in [0.5, 0.6) is 0 Å². The normalized spacial score (nSPS) is 27.8. The summed E-state index contributed by atoms with van der Waals surface area (Å²) in [5.41, 5.74) is -1.74. The molecule has 1 unspecified atom stereocenters. The molecule has 0 bridgehead atoms. The second-order valence-corrected chi connectivity index (χ2v) is 3.03. The molecule has 1 aliphatic rings. The lowest BCUT2D eigenvalue weighted by molar-refractivity contribution is -0.147. The number of rotatable bonds is 3. The molecule has 0 saturated carbocycles. The van der Waals surface area contributed by atoms with Gasteiger partial charge in [0.2, 0.25) is 12.3 Å². The summed E-state index contributed by atoms with van der Waals surface area (Å²) in [5.74, 6) is -1.87. The maximum absolute atomic E-state index is 12.0. The first-order valence-corrected chi connectivity index (χ1v) is 3.79. The minimum atomic E-state index is -2.73. The van der Waals surface area contributed by atoms with Crippen molar-refractivity contribution in [3.8, 4) is 0 Å². The van der Waals surface area contributed by atoms with Crippen LogP contribution in [0.3, 0.4) is 0 Å². The molecule has 0 aromatic carbocycles. The number of nitrogens with one attached hydrogen (secondary N) is 1. The van der Waals surface area contributed by atoms with E-state index >= 15 is 0 Å². The van der Waals surface area contributed by atoms with Crippen molar-refractivity contribution >= 4 is 11.9 Å². The van der Waals surface area contributed by atoms with E-state index < -0.39 is 30.3 Å². The monoisotopic (exact) mass is 193 g/mol. The number of hydrogen-bond acceptors (Lipinski definition) is 2. The van der Waals surface area contributed by atoms with Gasteiger partial charge in [0.05, 0.1) is 0 Å². The van der Waals surface area contributed by atoms with Crippen LogP contribution in [0.2, 0.25) is 0 Å². The zero-order valence-corrected chi connectivity index (χ0v) is 6.72. The smallest absolute Gasteiger partial charge is 0.329 e. The standard InChI is InChI=1S/C7H9F2NO3/c8-4(9)3-7(6(12)13)2-1-5(11)10-7/h4H,1-3H2,(H,10,11)(H,12,13). The first-order valence-electron chi connectivity index (χ1n) is 3.79. The minimum Gasteiger partial charge on any atom is -0.480 e. The summed E-state index contributed by atoms with van der Waals surface area (Å²) in [5, 5.41) is 10.8. The summed E-state index contributed by atoms with van der Waals surface area (Å²) < 4.78 is 24.0. The van der Waals surface area contributed by atoms with Crippen LogP contribution in [0.4, 0.5) is 8.78 Å². The lowest BCUT2D eigenvalue weighted by atomic mass is 9.94. The number of halogens is 2. The van der Waals surface area contributed by atoms with E-state index in [2.05, 4.69) is 5.32 Å². The average molecular weight is 193 g/mol. The van der Waals surface area contributed by atoms with E-state index in [1.165, 1.54) is 0 Å². The molecule has 2 N–H and O–H groups in total. The number of amides is 1. The quantitative estimate of drug-likeness (QED) is 0.680. The van der Waals surface area contributed by atoms with Crippen LogP contribution < -0.4 is 5.32 Å². The summed E-state index contributed by atoms with van der Waals surface area (Å²) >= 11 is 0. The van der Waals surface area contributed by atoms with E-state index in [1.807, 2.05) is 0 Å². The maximum atomic E-state index is 12.0. The van der Waals surface area contributed by atoms with Crippen molar-refractivity contribution in [2.45, 2.75) is 31.2 Å².